The summed E-state index contributed by atoms with van der Waals surface area (Å²) in [5.74, 6) is 0.907. The van der Waals surface area contributed by atoms with Crippen LogP contribution in [0, 0.1) is 13.8 Å². The van der Waals surface area contributed by atoms with E-state index in [2.05, 4.69) is 32.0 Å². The van der Waals surface area contributed by atoms with E-state index in [9.17, 15) is 0 Å². The molecule has 2 rings (SSSR count). The number of hydrogen-bond donors (Lipinski definition) is 0. The van der Waals surface area contributed by atoms with E-state index in [0.717, 1.165) is 5.75 Å². The minimum atomic E-state index is 0.907. The van der Waals surface area contributed by atoms with Crippen LogP contribution in [0.15, 0.2) is 30.3 Å². The van der Waals surface area contributed by atoms with Crippen LogP contribution in [0.5, 0.6) is 5.75 Å². The molecular weight excluding hydrogens is 204 g/mol. The van der Waals surface area contributed by atoms with Crippen molar-refractivity contribution in [1.82, 2.24) is 0 Å². The first kappa shape index (κ1) is 10.2. The van der Waals surface area contributed by atoms with Gasteiger partial charge in [0.25, 0.3) is 0 Å². The Bertz CT molecular complexity index is 454. The summed E-state index contributed by atoms with van der Waals surface area (Å²) in [6.07, 6.45) is 0. The van der Waals surface area contributed by atoms with E-state index in [4.69, 9.17) is 4.74 Å². The van der Waals surface area contributed by atoms with Crippen LogP contribution in [0.25, 0.3) is 10.4 Å². The molecule has 1 nitrogen and oxygen atoms in total. The molecule has 0 atom stereocenters. The van der Waals surface area contributed by atoms with Crippen LogP contribution >= 0.6 is 11.3 Å². The Morgan fingerprint density at radius 2 is 1.73 bits per heavy atom. The van der Waals surface area contributed by atoms with Gasteiger partial charge in [0.2, 0.25) is 0 Å². The van der Waals surface area contributed by atoms with Crippen LogP contribution in [0.4, 0.5) is 0 Å². The zero-order valence-electron chi connectivity index (χ0n) is 9.20. The fraction of sp³-hybridized carbons (Fsp3) is 0.231. The van der Waals surface area contributed by atoms with Crippen LogP contribution in [0.1, 0.15) is 10.4 Å². The molecule has 0 spiro atoms. The second kappa shape index (κ2) is 4.07. The van der Waals surface area contributed by atoms with Gasteiger partial charge in [0.1, 0.15) is 5.75 Å². The minimum absolute atomic E-state index is 0.907. The van der Waals surface area contributed by atoms with Crippen molar-refractivity contribution in [3.8, 4) is 16.2 Å². The molecule has 0 aliphatic carbocycles. The van der Waals surface area contributed by atoms with Crippen molar-refractivity contribution >= 4 is 11.3 Å². The SMILES string of the molecule is COc1ccc(-c2sc(C)cc2C)cc1. The van der Waals surface area contributed by atoms with Gasteiger partial charge >= 0.3 is 0 Å². The van der Waals surface area contributed by atoms with Gasteiger partial charge < -0.3 is 4.74 Å². The maximum atomic E-state index is 5.14. The van der Waals surface area contributed by atoms with Crippen molar-refractivity contribution in [3.05, 3.63) is 40.8 Å². The normalized spacial score (nSPS) is 10.3. The summed E-state index contributed by atoms with van der Waals surface area (Å²) in [5, 5.41) is 0. The van der Waals surface area contributed by atoms with Crippen LogP contribution in [-0.4, -0.2) is 7.11 Å². The summed E-state index contributed by atoms with van der Waals surface area (Å²) >= 11 is 1.84. The molecule has 0 aliphatic heterocycles. The van der Waals surface area contributed by atoms with Crippen LogP contribution in [-0.2, 0) is 0 Å². The number of thiophene rings is 1. The Morgan fingerprint density at radius 3 is 2.20 bits per heavy atom. The van der Waals surface area contributed by atoms with E-state index in [-0.39, 0.29) is 0 Å². The van der Waals surface area contributed by atoms with Crippen molar-refractivity contribution in [2.24, 2.45) is 0 Å². The molecule has 1 heterocycles. The third-order valence-corrected chi connectivity index (χ3v) is 3.59. The van der Waals surface area contributed by atoms with Crippen molar-refractivity contribution in [1.29, 1.82) is 0 Å². The van der Waals surface area contributed by atoms with Crippen LogP contribution < -0.4 is 4.74 Å². The molecule has 0 saturated carbocycles. The standard InChI is InChI=1S/C13H14OS/c1-9-8-10(2)15-13(9)11-4-6-12(14-3)7-5-11/h4-8H,1-3H3. The van der Waals surface area contributed by atoms with Gasteiger partial charge in [0, 0.05) is 9.75 Å². The van der Waals surface area contributed by atoms with Crippen molar-refractivity contribution < 1.29 is 4.74 Å². The van der Waals surface area contributed by atoms with Crippen molar-refractivity contribution in [2.75, 3.05) is 7.11 Å². The molecule has 0 aliphatic rings. The van der Waals surface area contributed by atoms with Gasteiger partial charge in [-0.05, 0) is 55.3 Å². The third-order valence-electron chi connectivity index (χ3n) is 2.39. The molecule has 2 heteroatoms. The van der Waals surface area contributed by atoms with Gasteiger partial charge in [0.15, 0.2) is 0 Å². The Morgan fingerprint density at radius 1 is 1.07 bits per heavy atom. The highest BCUT2D eigenvalue weighted by atomic mass is 32.1. The monoisotopic (exact) mass is 218 g/mol. The topological polar surface area (TPSA) is 9.23 Å². The largest absolute Gasteiger partial charge is 0.497 e. The van der Waals surface area contributed by atoms with Gasteiger partial charge in [-0.15, -0.1) is 11.3 Å². The predicted molar refractivity (Wildman–Crippen MR) is 65.8 cm³/mol. The Labute approximate surface area is 94.3 Å². The highest BCUT2D eigenvalue weighted by molar-refractivity contribution is 7.15. The van der Waals surface area contributed by atoms with Gasteiger partial charge in [-0.1, -0.05) is 0 Å². The van der Waals surface area contributed by atoms with Gasteiger partial charge in [-0.2, -0.15) is 0 Å². The lowest BCUT2D eigenvalue weighted by Crippen LogP contribution is -1.82. The first-order valence-electron chi connectivity index (χ1n) is 4.92. The molecule has 0 N–H and O–H groups in total. The molecule has 0 fully saturated rings. The highest BCUT2D eigenvalue weighted by Gasteiger charge is 2.05. The van der Waals surface area contributed by atoms with E-state index >= 15 is 0 Å². The number of benzene rings is 1. The number of hydrogen-bond acceptors (Lipinski definition) is 2. The summed E-state index contributed by atoms with van der Waals surface area (Å²) in [6, 6.07) is 10.5. The Balaban J connectivity index is 2.41. The smallest absolute Gasteiger partial charge is 0.118 e. The second-order valence-corrected chi connectivity index (χ2v) is 4.85. The van der Waals surface area contributed by atoms with E-state index in [1.165, 1.54) is 20.9 Å². The maximum absolute atomic E-state index is 5.14. The molecule has 0 saturated heterocycles. The fourth-order valence-corrected chi connectivity index (χ4v) is 2.70. The lowest BCUT2D eigenvalue weighted by molar-refractivity contribution is 0.415. The van der Waals surface area contributed by atoms with E-state index in [1.807, 2.05) is 23.5 Å². The number of aryl methyl sites for hydroxylation is 2. The predicted octanol–water partition coefficient (Wildman–Crippen LogP) is 4.04. The van der Waals surface area contributed by atoms with E-state index in [0.29, 0.717) is 0 Å². The summed E-state index contributed by atoms with van der Waals surface area (Å²) in [4.78, 5) is 2.72. The Kier molecular flexibility index (Phi) is 2.78. The molecule has 1 aromatic carbocycles. The van der Waals surface area contributed by atoms with E-state index < -0.39 is 0 Å². The fourth-order valence-electron chi connectivity index (χ4n) is 1.67. The highest BCUT2D eigenvalue weighted by Crippen LogP contribution is 2.32. The average Bonchev–Trinajstić information content (AvgIpc) is 2.58. The molecule has 15 heavy (non-hydrogen) atoms. The third kappa shape index (κ3) is 2.05. The number of ether oxygens (including phenoxy) is 1. The molecule has 2 aromatic rings. The maximum Gasteiger partial charge on any atom is 0.118 e. The first-order valence-corrected chi connectivity index (χ1v) is 5.74. The van der Waals surface area contributed by atoms with E-state index in [1.54, 1.807) is 7.11 Å². The zero-order chi connectivity index (χ0) is 10.8. The molecule has 1 aromatic heterocycles. The summed E-state index contributed by atoms with van der Waals surface area (Å²) in [6.45, 7) is 4.30. The van der Waals surface area contributed by atoms with Crippen LogP contribution in [0.2, 0.25) is 0 Å². The molecule has 0 radical (unpaired) electrons. The molecule has 78 valence electrons. The van der Waals surface area contributed by atoms with Gasteiger partial charge in [-0.25, -0.2) is 0 Å². The molecular formula is C13H14OS. The molecule has 0 unspecified atom stereocenters. The van der Waals surface area contributed by atoms with Gasteiger partial charge in [0.05, 0.1) is 7.11 Å². The minimum Gasteiger partial charge on any atom is -0.497 e. The molecule has 0 bridgehead atoms. The average molecular weight is 218 g/mol. The summed E-state index contributed by atoms with van der Waals surface area (Å²) in [5.41, 5.74) is 2.62. The van der Waals surface area contributed by atoms with Crippen molar-refractivity contribution in [3.63, 3.8) is 0 Å². The number of rotatable bonds is 2. The molecule has 0 amide bonds. The zero-order valence-corrected chi connectivity index (χ0v) is 10.0. The summed E-state index contributed by atoms with van der Waals surface area (Å²) in [7, 11) is 1.69. The lowest BCUT2D eigenvalue weighted by Gasteiger charge is -2.02. The first-order chi connectivity index (χ1) is 7.20. The quantitative estimate of drug-likeness (QED) is 0.739. The second-order valence-electron chi connectivity index (χ2n) is 3.60. The van der Waals surface area contributed by atoms with Crippen LogP contribution in [0.3, 0.4) is 0 Å². The lowest BCUT2D eigenvalue weighted by atomic mass is 10.1. The summed E-state index contributed by atoms with van der Waals surface area (Å²) < 4.78 is 5.14. The number of methoxy groups -OCH3 is 1. The van der Waals surface area contributed by atoms with Gasteiger partial charge in [-0.3, -0.25) is 0 Å². The van der Waals surface area contributed by atoms with Crippen molar-refractivity contribution in [2.45, 2.75) is 13.8 Å². The Hall–Kier alpha value is -1.28.